The number of rotatable bonds is 24. The molecule has 0 fully saturated rings. The summed E-state index contributed by atoms with van der Waals surface area (Å²) in [6.45, 7) is 9.13. The molecule has 0 saturated carbocycles. The van der Waals surface area contributed by atoms with Gasteiger partial charge in [0.2, 0.25) is 14.8 Å². The maximum atomic E-state index is 7.31. The highest BCUT2D eigenvalue weighted by Gasteiger charge is 2.32. The van der Waals surface area contributed by atoms with Crippen LogP contribution in [0.25, 0.3) is 0 Å². The van der Waals surface area contributed by atoms with Crippen LogP contribution >= 0.6 is 22.2 Å². The van der Waals surface area contributed by atoms with E-state index < -0.39 is 14.8 Å². The number of halogens is 2. The van der Waals surface area contributed by atoms with Crippen molar-refractivity contribution in [3.63, 3.8) is 0 Å². The second-order valence-corrected chi connectivity index (χ2v) is 21.5. The van der Waals surface area contributed by atoms with E-state index >= 15 is 0 Å². The van der Waals surface area contributed by atoms with Gasteiger partial charge in [0.15, 0.2) is 0 Å². The van der Waals surface area contributed by atoms with E-state index in [1.165, 1.54) is 141 Å². The van der Waals surface area contributed by atoms with Gasteiger partial charge in [-0.1, -0.05) is 156 Å². The molecule has 0 aromatic heterocycles. The first-order valence-electron chi connectivity index (χ1n) is 15.4. The van der Waals surface area contributed by atoms with Gasteiger partial charge >= 0.3 is 0 Å². The average molecular weight is 548 g/mol. The smallest absolute Gasteiger partial charge is 0.150 e. The zero-order chi connectivity index (χ0) is 25.4. The lowest BCUT2D eigenvalue weighted by Crippen LogP contribution is -2.30. The summed E-state index contributed by atoms with van der Waals surface area (Å²) in [5, 5.41) is 0. The van der Waals surface area contributed by atoms with E-state index in [1.54, 1.807) is 0 Å². The summed E-state index contributed by atoms with van der Waals surface area (Å²) in [4.78, 5) is 0. The highest BCUT2D eigenvalue weighted by Crippen LogP contribution is 2.30. The first kappa shape index (κ1) is 34.6. The van der Waals surface area contributed by atoms with Gasteiger partial charge in [0.1, 0.15) is 0 Å². The Morgan fingerprint density at radius 2 is 0.588 bits per heavy atom. The van der Waals surface area contributed by atoms with Gasteiger partial charge in [-0.3, -0.25) is 0 Å². The van der Waals surface area contributed by atoms with Gasteiger partial charge in [0, 0.05) is 0 Å². The SMILES string of the molecule is CCCCCCCCCC[Si](Cl)(C#C[Si](Cl)(CCCC)CCCCCCCCCC)CCCC. The van der Waals surface area contributed by atoms with Gasteiger partial charge < -0.3 is 0 Å². The molecule has 0 aliphatic rings. The van der Waals surface area contributed by atoms with Crippen molar-refractivity contribution in [2.24, 2.45) is 0 Å². The first-order valence-corrected chi connectivity index (χ1v) is 22.2. The molecule has 0 aromatic rings. The molecule has 0 nitrogen and oxygen atoms in total. The van der Waals surface area contributed by atoms with E-state index in [4.69, 9.17) is 22.2 Å². The van der Waals surface area contributed by atoms with Crippen LogP contribution in [0.1, 0.15) is 156 Å². The molecular formula is C30H60Cl2Si2. The lowest BCUT2D eigenvalue weighted by molar-refractivity contribution is 0.584. The molecule has 2 atom stereocenters. The molecule has 0 aliphatic heterocycles. The Morgan fingerprint density at radius 1 is 0.353 bits per heavy atom. The van der Waals surface area contributed by atoms with Crippen LogP contribution < -0.4 is 0 Å². The van der Waals surface area contributed by atoms with Crippen molar-refractivity contribution < 1.29 is 0 Å². The normalized spacial score (nSPS) is 14.9. The zero-order valence-corrected chi connectivity index (χ0v) is 27.2. The summed E-state index contributed by atoms with van der Waals surface area (Å²) in [7, 11) is -4.02. The van der Waals surface area contributed by atoms with Crippen LogP contribution in [-0.4, -0.2) is 14.8 Å². The molecule has 0 N–H and O–H groups in total. The van der Waals surface area contributed by atoms with Gasteiger partial charge in [-0.2, -0.15) is 22.2 Å². The molecule has 202 valence electrons. The molecule has 0 aliphatic carbocycles. The quantitative estimate of drug-likeness (QED) is 0.0488. The third-order valence-electron chi connectivity index (χ3n) is 7.22. The van der Waals surface area contributed by atoms with Crippen LogP contribution in [0.2, 0.25) is 24.2 Å². The Hall–Kier alpha value is 0.574. The second kappa shape index (κ2) is 23.9. The van der Waals surface area contributed by atoms with Crippen LogP contribution in [0.4, 0.5) is 0 Å². The van der Waals surface area contributed by atoms with Gasteiger partial charge in [-0.05, 0) is 24.2 Å². The molecule has 0 saturated heterocycles. The van der Waals surface area contributed by atoms with E-state index in [-0.39, 0.29) is 0 Å². The van der Waals surface area contributed by atoms with Gasteiger partial charge in [0.25, 0.3) is 0 Å². The van der Waals surface area contributed by atoms with Crippen LogP contribution in [0, 0.1) is 11.1 Å². The lowest BCUT2D eigenvalue weighted by Gasteiger charge is -2.21. The Kier molecular flexibility index (Phi) is 24.3. The average Bonchev–Trinajstić information content (AvgIpc) is 2.84. The summed E-state index contributed by atoms with van der Waals surface area (Å²) >= 11 is 14.6. The molecule has 34 heavy (non-hydrogen) atoms. The Bertz CT molecular complexity index is 460. The molecule has 0 amide bonds. The fourth-order valence-electron chi connectivity index (χ4n) is 4.72. The molecule has 0 bridgehead atoms. The fraction of sp³-hybridized carbons (Fsp3) is 0.933. The van der Waals surface area contributed by atoms with E-state index in [2.05, 4.69) is 38.8 Å². The van der Waals surface area contributed by atoms with Crippen LogP contribution in [0.5, 0.6) is 0 Å². The standard InChI is InChI=1S/C30H60Cl2Si2/c1-5-9-13-15-17-19-21-23-27-33(31,25-11-7-3)29-30-34(32,26-12-8-4)28-24-22-20-18-16-14-10-6-2/h5-28H2,1-4H3. The Balaban J connectivity index is 4.72. The predicted molar refractivity (Wildman–Crippen MR) is 165 cm³/mol. The monoisotopic (exact) mass is 546 g/mol. The summed E-state index contributed by atoms with van der Waals surface area (Å²) < 4.78 is 0. The van der Waals surface area contributed by atoms with E-state index in [9.17, 15) is 0 Å². The van der Waals surface area contributed by atoms with Gasteiger partial charge in [-0.25, -0.2) is 0 Å². The summed E-state index contributed by atoms with van der Waals surface area (Å²) in [6, 6.07) is 4.65. The highest BCUT2D eigenvalue weighted by molar-refractivity contribution is 7.28. The van der Waals surface area contributed by atoms with E-state index in [0.717, 1.165) is 12.1 Å². The van der Waals surface area contributed by atoms with Crippen LogP contribution in [0.3, 0.4) is 0 Å². The molecule has 0 radical (unpaired) electrons. The Labute approximate surface area is 227 Å². The molecule has 2 unspecified atom stereocenters. The van der Waals surface area contributed by atoms with Crippen LogP contribution in [-0.2, 0) is 0 Å². The second-order valence-electron chi connectivity index (χ2n) is 10.8. The van der Waals surface area contributed by atoms with Crippen molar-refractivity contribution in [2.45, 2.75) is 180 Å². The third-order valence-corrected chi connectivity index (χ3v) is 16.0. The minimum absolute atomic E-state index is 1.15. The lowest BCUT2D eigenvalue weighted by atomic mass is 10.1. The highest BCUT2D eigenvalue weighted by atomic mass is 35.6. The largest absolute Gasteiger partial charge is 0.233 e. The Morgan fingerprint density at radius 3 is 0.882 bits per heavy atom. The molecule has 0 aromatic carbocycles. The van der Waals surface area contributed by atoms with Gasteiger partial charge in [-0.15, -0.1) is 11.1 Å². The number of hydrogen-bond acceptors (Lipinski definition) is 0. The molecule has 0 spiro atoms. The van der Waals surface area contributed by atoms with Crippen molar-refractivity contribution in [3.05, 3.63) is 0 Å². The first-order chi connectivity index (χ1) is 16.4. The minimum atomic E-state index is -2.01. The van der Waals surface area contributed by atoms with Crippen LogP contribution in [0.15, 0.2) is 0 Å². The summed E-state index contributed by atoms with van der Waals surface area (Å²) in [5.41, 5.74) is 7.52. The maximum Gasteiger partial charge on any atom is 0.233 e. The fourth-order valence-corrected chi connectivity index (χ4v) is 13.4. The maximum absolute atomic E-state index is 7.31. The molecule has 0 heterocycles. The number of hydrogen-bond donors (Lipinski definition) is 0. The van der Waals surface area contributed by atoms with Gasteiger partial charge in [0.05, 0.1) is 0 Å². The topological polar surface area (TPSA) is 0 Å². The number of unbranched alkanes of at least 4 members (excludes halogenated alkanes) is 16. The van der Waals surface area contributed by atoms with Crippen molar-refractivity contribution in [2.75, 3.05) is 0 Å². The summed E-state index contributed by atoms with van der Waals surface area (Å²) in [6.07, 6.45) is 26.7. The van der Waals surface area contributed by atoms with Crippen molar-refractivity contribution in [3.8, 4) is 11.1 Å². The molecule has 4 heteroatoms. The minimum Gasteiger partial charge on any atom is -0.150 e. The summed E-state index contributed by atoms with van der Waals surface area (Å²) in [5.74, 6) is 0. The molecule has 0 rings (SSSR count). The molecular weight excluding hydrogens is 487 g/mol. The van der Waals surface area contributed by atoms with Crippen molar-refractivity contribution in [1.82, 2.24) is 0 Å². The van der Waals surface area contributed by atoms with E-state index in [1.807, 2.05) is 0 Å². The third kappa shape index (κ3) is 20.7. The van der Waals surface area contributed by atoms with Crippen molar-refractivity contribution >= 4 is 36.9 Å². The van der Waals surface area contributed by atoms with E-state index in [0.29, 0.717) is 0 Å². The zero-order valence-electron chi connectivity index (χ0n) is 23.7. The van der Waals surface area contributed by atoms with Crippen molar-refractivity contribution in [1.29, 1.82) is 0 Å². The predicted octanol–water partition coefficient (Wildman–Crippen LogP) is 12.3.